The predicted octanol–water partition coefficient (Wildman–Crippen LogP) is 1.77. The van der Waals surface area contributed by atoms with Crippen molar-refractivity contribution >= 4 is 17.3 Å². The molecule has 1 aromatic rings. The molecule has 1 aromatic carbocycles. The molecular formula is C15H23N3O2. The molecule has 1 amide bonds. The molecule has 1 heterocycles. The fraction of sp³-hybridized carbons (Fsp3) is 0.533. The Labute approximate surface area is 120 Å². The van der Waals surface area contributed by atoms with E-state index in [4.69, 9.17) is 10.5 Å². The van der Waals surface area contributed by atoms with Crippen LogP contribution in [0.2, 0.25) is 0 Å². The lowest BCUT2D eigenvalue weighted by Gasteiger charge is -2.43. The number of carbonyl (C=O) groups is 1. The Morgan fingerprint density at radius 2 is 2.10 bits per heavy atom. The lowest BCUT2D eigenvalue weighted by Crippen LogP contribution is -2.62. The molecule has 0 saturated carbocycles. The summed E-state index contributed by atoms with van der Waals surface area (Å²) in [5.41, 5.74) is 6.93. The highest BCUT2D eigenvalue weighted by molar-refractivity contribution is 5.90. The van der Waals surface area contributed by atoms with E-state index >= 15 is 0 Å². The van der Waals surface area contributed by atoms with Gasteiger partial charge < -0.3 is 20.7 Å². The Bertz CT molecular complexity index is 512. The van der Waals surface area contributed by atoms with E-state index < -0.39 is 5.54 Å². The maximum absolute atomic E-state index is 12.0. The average molecular weight is 277 g/mol. The van der Waals surface area contributed by atoms with Crippen molar-refractivity contribution in [3.63, 3.8) is 0 Å². The summed E-state index contributed by atoms with van der Waals surface area (Å²) in [6.07, 6.45) is 0.0604. The molecule has 20 heavy (non-hydrogen) atoms. The fourth-order valence-electron chi connectivity index (χ4n) is 2.40. The van der Waals surface area contributed by atoms with Crippen molar-refractivity contribution in [2.75, 3.05) is 23.7 Å². The number of piperazine rings is 1. The zero-order valence-electron chi connectivity index (χ0n) is 12.6. The first kappa shape index (κ1) is 14.5. The number of nitrogens with one attached hydrogen (secondary N) is 1. The van der Waals surface area contributed by atoms with Crippen molar-refractivity contribution in [2.24, 2.45) is 0 Å². The standard InChI is InChI=1S/C15H23N3O2/c1-10(2)20-13-9-11(5-6-12(13)16)18-8-7-17-14(19)15(18,3)4/h5-6,9-10H,7-8,16H2,1-4H3,(H,17,19). The Balaban J connectivity index is 2.35. The van der Waals surface area contributed by atoms with Crippen LogP contribution in [0.4, 0.5) is 11.4 Å². The van der Waals surface area contributed by atoms with Crippen LogP contribution in [0.25, 0.3) is 0 Å². The highest BCUT2D eigenvalue weighted by Crippen LogP contribution is 2.32. The Hall–Kier alpha value is -1.91. The van der Waals surface area contributed by atoms with Crippen molar-refractivity contribution in [2.45, 2.75) is 39.3 Å². The number of benzene rings is 1. The van der Waals surface area contributed by atoms with Crippen LogP contribution in [0.15, 0.2) is 18.2 Å². The number of anilines is 2. The molecule has 2 rings (SSSR count). The summed E-state index contributed by atoms with van der Waals surface area (Å²) in [6, 6.07) is 5.67. The first-order chi connectivity index (χ1) is 9.32. The molecule has 1 fully saturated rings. The number of rotatable bonds is 3. The van der Waals surface area contributed by atoms with Crippen molar-refractivity contribution in [3.8, 4) is 5.75 Å². The third kappa shape index (κ3) is 2.66. The van der Waals surface area contributed by atoms with Crippen LogP contribution < -0.4 is 20.7 Å². The van der Waals surface area contributed by atoms with Gasteiger partial charge in [0.2, 0.25) is 5.91 Å². The molecule has 5 nitrogen and oxygen atoms in total. The molecule has 0 spiro atoms. The molecule has 0 unspecified atom stereocenters. The van der Waals surface area contributed by atoms with Gasteiger partial charge in [0.15, 0.2) is 0 Å². The Morgan fingerprint density at radius 3 is 2.75 bits per heavy atom. The van der Waals surface area contributed by atoms with E-state index in [2.05, 4.69) is 10.2 Å². The molecule has 0 radical (unpaired) electrons. The number of amides is 1. The van der Waals surface area contributed by atoms with Gasteiger partial charge in [-0.3, -0.25) is 4.79 Å². The van der Waals surface area contributed by atoms with Gasteiger partial charge in [-0.25, -0.2) is 0 Å². The molecule has 1 aliphatic heterocycles. The number of hydrogen-bond donors (Lipinski definition) is 2. The van der Waals surface area contributed by atoms with Crippen LogP contribution in [0.3, 0.4) is 0 Å². The van der Waals surface area contributed by atoms with Gasteiger partial charge in [-0.1, -0.05) is 0 Å². The van der Waals surface area contributed by atoms with Crippen LogP contribution in [0.1, 0.15) is 27.7 Å². The van der Waals surface area contributed by atoms with Gasteiger partial charge in [-0.2, -0.15) is 0 Å². The fourth-order valence-corrected chi connectivity index (χ4v) is 2.40. The smallest absolute Gasteiger partial charge is 0.245 e. The molecule has 5 heteroatoms. The summed E-state index contributed by atoms with van der Waals surface area (Å²) in [5.74, 6) is 0.700. The normalized spacial score (nSPS) is 18.1. The molecule has 0 aromatic heterocycles. The maximum Gasteiger partial charge on any atom is 0.245 e. The molecule has 3 N–H and O–H groups in total. The zero-order chi connectivity index (χ0) is 14.9. The number of nitrogens with zero attached hydrogens (tertiary/aromatic N) is 1. The Kier molecular flexibility index (Phi) is 3.79. The second kappa shape index (κ2) is 5.23. The average Bonchev–Trinajstić information content (AvgIpc) is 2.35. The SMILES string of the molecule is CC(C)Oc1cc(N2CCNC(=O)C2(C)C)ccc1N. The van der Waals surface area contributed by atoms with E-state index in [1.807, 2.05) is 45.9 Å². The first-order valence-corrected chi connectivity index (χ1v) is 6.94. The van der Waals surface area contributed by atoms with Crippen molar-refractivity contribution in [3.05, 3.63) is 18.2 Å². The monoisotopic (exact) mass is 277 g/mol. The molecule has 0 aliphatic carbocycles. The van der Waals surface area contributed by atoms with Crippen LogP contribution in [0.5, 0.6) is 5.75 Å². The third-order valence-electron chi connectivity index (χ3n) is 3.52. The summed E-state index contributed by atoms with van der Waals surface area (Å²) < 4.78 is 5.72. The van der Waals surface area contributed by atoms with Crippen LogP contribution in [-0.4, -0.2) is 30.6 Å². The number of hydrogen-bond acceptors (Lipinski definition) is 4. The van der Waals surface area contributed by atoms with Gasteiger partial charge >= 0.3 is 0 Å². The van der Waals surface area contributed by atoms with Crippen LogP contribution >= 0.6 is 0 Å². The lowest BCUT2D eigenvalue weighted by molar-refractivity contribution is -0.126. The number of nitrogens with two attached hydrogens (primary N) is 1. The number of nitrogen functional groups attached to an aromatic ring is 1. The lowest BCUT2D eigenvalue weighted by atomic mass is 9.98. The van der Waals surface area contributed by atoms with Gasteiger partial charge in [0.05, 0.1) is 11.8 Å². The minimum atomic E-state index is -0.580. The highest BCUT2D eigenvalue weighted by Gasteiger charge is 2.37. The van der Waals surface area contributed by atoms with Crippen molar-refractivity contribution in [1.82, 2.24) is 5.32 Å². The van der Waals surface area contributed by atoms with Crippen LogP contribution in [-0.2, 0) is 4.79 Å². The van der Waals surface area contributed by atoms with E-state index in [0.29, 0.717) is 18.0 Å². The molecule has 0 bridgehead atoms. The third-order valence-corrected chi connectivity index (χ3v) is 3.52. The molecule has 1 saturated heterocycles. The molecular weight excluding hydrogens is 254 g/mol. The van der Waals surface area contributed by atoms with E-state index in [0.717, 1.165) is 12.2 Å². The maximum atomic E-state index is 12.0. The summed E-state index contributed by atoms with van der Waals surface area (Å²) in [7, 11) is 0. The quantitative estimate of drug-likeness (QED) is 0.826. The minimum Gasteiger partial charge on any atom is -0.489 e. The van der Waals surface area contributed by atoms with Gasteiger partial charge in [0, 0.05) is 24.8 Å². The van der Waals surface area contributed by atoms with E-state index in [1.54, 1.807) is 0 Å². The summed E-state index contributed by atoms with van der Waals surface area (Å²) in [5, 5.41) is 2.89. The zero-order valence-corrected chi connectivity index (χ0v) is 12.6. The number of ether oxygens (including phenoxy) is 1. The first-order valence-electron chi connectivity index (χ1n) is 6.94. The summed E-state index contributed by atoms with van der Waals surface area (Å²) in [6.45, 7) is 9.17. The molecule has 1 aliphatic rings. The summed E-state index contributed by atoms with van der Waals surface area (Å²) >= 11 is 0. The minimum absolute atomic E-state index is 0.0342. The van der Waals surface area contributed by atoms with E-state index in [1.165, 1.54) is 0 Å². The summed E-state index contributed by atoms with van der Waals surface area (Å²) in [4.78, 5) is 14.1. The predicted molar refractivity (Wildman–Crippen MR) is 81.1 cm³/mol. The van der Waals surface area contributed by atoms with Gasteiger partial charge in [-0.15, -0.1) is 0 Å². The van der Waals surface area contributed by atoms with E-state index in [9.17, 15) is 4.79 Å². The molecule has 0 atom stereocenters. The second-order valence-electron chi connectivity index (χ2n) is 5.86. The second-order valence-corrected chi connectivity index (χ2v) is 5.86. The van der Waals surface area contributed by atoms with Crippen LogP contribution in [0, 0.1) is 0 Å². The molecule has 110 valence electrons. The van der Waals surface area contributed by atoms with Gasteiger partial charge in [0.25, 0.3) is 0 Å². The largest absolute Gasteiger partial charge is 0.489 e. The highest BCUT2D eigenvalue weighted by atomic mass is 16.5. The number of carbonyl (C=O) groups excluding carboxylic acids is 1. The van der Waals surface area contributed by atoms with E-state index in [-0.39, 0.29) is 12.0 Å². The van der Waals surface area contributed by atoms with Gasteiger partial charge in [0.1, 0.15) is 11.3 Å². The topological polar surface area (TPSA) is 67.6 Å². The Morgan fingerprint density at radius 1 is 1.40 bits per heavy atom. The van der Waals surface area contributed by atoms with Gasteiger partial charge in [-0.05, 0) is 39.8 Å². The van der Waals surface area contributed by atoms with Crippen molar-refractivity contribution < 1.29 is 9.53 Å². The van der Waals surface area contributed by atoms with Crippen molar-refractivity contribution in [1.29, 1.82) is 0 Å².